The summed E-state index contributed by atoms with van der Waals surface area (Å²) >= 11 is 3.34. The quantitative estimate of drug-likeness (QED) is 0.251. The van der Waals surface area contributed by atoms with Crippen molar-refractivity contribution in [2.24, 2.45) is 11.0 Å². The highest BCUT2D eigenvalue weighted by Crippen LogP contribution is 2.42. The summed E-state index contributed by atoms with van der Waals surface area (Å²) in [6.45, 7) is 4.49. The van der Waals surface area contributed by atoms with Crippen molar-refractivity contribution in [3.63, 3.8) is 0 Å². The molecule has 2 aromatic heterocycles. The lowest BCUT2D eigenvalue weighted by atomic mass is 10.0. The van der Waals surface area contributed by atoms with E-state index in [1.54, 1.807) is 36.9 Å². The van der Waals surface area contributed by atoms with Crippen molar-refractivity contribution in [2.45, 2.75) is 32.7 Å². The maximum absolute atomic E-state index is 5.58. The van der Waals surface area contributed by atoms with Gasteiger partial charge in [0.1, 0.15) is 0 Å². The van der Waals surface area contributed by atoms with Gasteiger partial charge in [0.05, 0.1) is 36.5 Å². The second-order valence-electron chi connectivity index (χ2n) is 9.01. The predicted octanol–water partition coefficient (Wildman–Crippen LogP) is 7.44. The molecule has 35 heavy (non-hydrogen) atoms. The Labute approximate surface area is 214 Å². The largest absolute Gasteiger partial charge is 0.493 e. The Morgan fingerprint density at radius 2 is 1.80 bits per heavy atom. The number of benzene rings is 2. The molecule has 0 bridgehead atoms. The molecule has 4 aromatic rings. The van der Waals surface area contributed by atoms with Gasteiger partial charge in [-0.05, 0) is 47.0 Å². The summed E-state index contributed by atoms with van der Waals surface area (Å²) in [6.07, 6.45) is 1.89. The molecule has 180 valence electrons. The number of hydrogen-bond acceptors (Lipinski definition) is 7. The van der Waals surface area contributed by atoms with Crippen LogP contribution in [-0.2, 0) is 6.42 Å². The van der Waals surface area contributed by atoms with Gasteiger partial charge in [0, 0.05) is 17.4 Å². The Balaban J connectivity index is 1.48. The fraction of sp³-hybridized carbons (Fsp3) is 0.286. The van der Waals surface area contributed by atoms with Gasteiger partial charge in [0.25, 0.3) is 0 Å². The standard InChI is InChI=1S/C28H29N3O2S2/c1-18(2)14-19-7-9-20(10-8-19)23-17-35-28(29-23)31-24(16-22(30-31)27-6-5-13-34-27)21-11-12-25(32-3)26(15-21)33-4/h5-13,15,17-18,24H,14,16H2,1-4H3. The number of rotatable bonds is 8. The van der Waals surface area contributed by atoms with Crippen LogP contribution in [0.2, 0.25) is 0 Å². The first-order chi connectivity index (χ1) is 17.1. The van der Waals surface area contributed by atoms with Crippen LogP contribution >= 0.6 is 22.7 Å². The van der Waals surface area contributed by atoms with Gasteiger partial charge in [-0.1, -0.05) is 50.2 Å². The third-order valence-electron chi connectivity index (χ3n) is 6.09. The number of methoxy groups -OCH3 is 2. The number of aromatic nitrogens is 1. The van der Waals surface area contributed by atoms with Crippen LogP contribution < -0.4 is 14.5 Å². The highest BCUT2D eigenvalue weighted by molar-refractivity contribution is 7.14. The van der Waals surface area contributed by atoms with Crippen LogP contribution in [0.3, 0.4) is 0 Å². The van der Waals surface area contributed by atoms with E-state index in [1.165, 1.54) is 10.4 Å². The van der Waals surface area contributed by atoms with Gasteiger partial charge in [0.15, 0.2) is 11.5 Å². The number of nitrogens with zero attached hydrogens (tertiary/aromatic N) is 3. The van der Waals surface area contributed by atoms with E-state index < -0.39 is 0 Å². The molecule has 0 saturated heterocycles. The molecule has 1 unspecified atom stereocenters. The second kappa shape index (κ2) is 10.2. The second-order valence-corrected chi connectivity index (χ2v) is 10.8. The molecule has 0 spiro atoms. The van der Waals surface area contributed by atoms with Crippen molar-refractivity contribution in [3.05, 3.63) is 81.4 Å². The van der Waals surface area contributed by atoms with Crippen molar-refractivity contribution in [3.8, 4) is 22.8 Å². The summed E-state index contributed by atoms with van der Waals surface area (Å²) < 4.78 is 11.0. The van der Waals surface area contributed by atoms with Gasteiger partial charge >= 0.3 is 0 Å². The Morgan fingerprint density at radius 3 is 2.49 bits per heavy atom. The molecule has 7 heteroatoms. The molecular weight excluding hydrogens is 474 g/mol. The van der Waals surface area contributed by atoms with E-state index in [1.807, 2.05) is 12.1 Å². The van der Waals surface area contributed by atoms with Crippen molar-refractivity contribution in [2.75, 3.05) is 19.2 Å². The summed E-state index contributed by atoms with van der Waals surface area (Å²) in [7, 11) is 3.32. The smallest absolute Gasteiger partial charge is 0.207 e. The van der Waals surface area contributed by atoms with Crippen molar-refractivity contribution < 1.29 is 9.47 Å². The molecule has 0 saturated carbocycles. The van der Waals surface area contributed by atoms with Crippen molar-refractivity contribution in [1.82, 2.24) is 4.98 Å². The number of anilines is 1. The van der Waals surface area contributed by atoms with E-state index in [-0.39, 0.29) is 6.04 Å². The molecule has 0 radical (unpaired) electrons. The third kappa shape index (κ3) is 4.97. The predicted molar refractivity (Wildman–Crippen MR) is 146 cm³/mol. The van der Waals surface area contributed by atoms with Gasteiger partial charge < -0.3 is 9.47 Å². The minimum absolute atomic E-state index is 0.0272. The van der Waals surface area contributed by atoms with Gasteiger partial charge in [0.2, 0.25) is 5.13 Å². The molecule has 1 aliphatic heterocycles. The summed E-state index contributed by atoms with van der Waals surface area (Å²) in [6, 6.07) is 19.1. The van der Waals surface area contributed by atoms with Crippen molar-refractivity contribution in [1.29, 1.82) is 0 Å². The van der Waals surface area contributed by atoms with Gasteiger partial charge in [-0.15, -0.1) is 22.7 Å². The van der Waals surface area contributed by atoms with Crippen LogP contribution in [0, 0.1) is 5.92 Å². The van der Waals surface area contributed by atoms with E-state index in [9.17, 15) is 0 Å². The Morgan fingerprint density at radius 1 is 1.00 bits per heavy atom. The number of ether oxygens (including phenoxy) is 2. The molecule has 1 atom stereocenters. The first-order valence-electron chi connectivity index (χ1n) is 11.7. The monoisotopic (exact) mass is 503 g/mol. The summed E-state index contributed by atoms with van der Waals surface area (Å²) in [5.74, 6) is 2.08. The molecule has 3 heterocycles. The molecule has 0 N–H and O–H groups in total. The lowest BCUT2D eigenvalue weighted by Gasteiger charge is -2.22. The van der Waals surface area contributed by atoms with E-state index in [4.69, 9.17) is 19.6 Å². The first kappa shape index (κ1) is 23.6. The zero-order chi connectivity index (χ0) is 24.4. The average molecular weight is 504 g/mol. The van der Waals surface area contributed by atoms with Crippen molar-refractivity contribution >= 4 is 33.5 Å². The molecule has 0 amide bonds. The summed E-state index contributed by atoms with van der Waals surface area (Å²) in [5, 5.41) is 12.2. The molecular formula is C28H29N3O2S2. The number of hydrazone groups is 1. The van der Waals surface area contributed by atoms with Gasteiger partial charge in [-0.2, -0.15) is 5.10 Å². The van der Waals surface area contributed by atoms with Crippen LogP contribution in [0.4, 0.5) is 5.13 Å². The Bertz CT molecular complexity index is 1310. The summed E-state index contributed by atoms with van der Waals surface area (Å²) in [5.41, 5.74) is 5.66. The fourth-order valence-electron chi connectivity index (χ4n) is 4.38. The number of thiophene rings is 1. The normalized spacial score (nSPS) is 15.5. The zero-order valence-corrected chi connectivity index (χ0v) is 22.0. The molecule has 0 aliphatic carbocycles. The lowest BCUT2D eigenvalue weighted by molar-refractivity contribution is 0.354. The van der Waals surface area contributed by atoms with Crippen LogP contribution in [0.5, 0.6) is 11.5 Å². The number of thiazole rings is 1. The molecule has 5 nitrogen and oxygen atoms in total. The van der Waals surface area contributed by atoms with Gasteiger partial charge in [-0.25, -0.2) is 9.99 Å². The molecule has 2 aromatic carbocycles. The van der Waals surface area contributed by atoms with Gasteiger partial charge in [-0.3, -0.25) is 0 Å². The van der Waals surface area contributed by atoms with Crippen LogP contribution in [0.15, 0.2) is 70.5 Å². The Kier molecular flexibility index (Phi) is 6.88. The molecule has 1 aliphatic rings. The van der Waals surface area contributed by atoms with E-state index in [0.717, 1.165) is 52.0 Å². The Hall–Kier alpha value is -3.16. The maximum atomic E-state index is 5.58. The highest BCUT2D eigenvalue weighted by atomic mass is 32.1. The van der Waals surface area contributed by atoms with Crippen LogP contribution in [-0.4, -0.2) is 24.9 Å². The first-order valence-corrected chi connectivity index (χ1v) is 13.5. The SMILES string of the molecule is COc1ccc(C2CC(c3cccs3)=NN2c2nc(-c3ccc(CC(C)C)cc3)cs2)cc1OC. The third-order valence-corrected chi connectivity index (χ3v) is 7.84. The van der Waals surface area contributed by atoms with E-state index >= 15 is 0 Å². The highest BCUT2D eigenvalue weighted by Gasteiger charge is 2.32. The average Bonchev–Trinajstić information content (AvgIpc) is 3.64. The van der Waals surface area contributed by atoms with Crippen LogP contribution in [0.25, 0.3) is 11.3 Å². The molecule has 5 rings (SSSR count). The zero-order valence-electron chi connectivity index (χ0n) is 20.4. The summed E-state index contributed by atoms with van der Waals surface area (Å²) in [4.78, 5) is 6.20. The minimum Gasteiger partial charge on any atom is -0.493 e. The maximum Gasteiger partial charge on any atom is 0.207 e. The molecule has 0 fully saturated rings. The number of hydrogen-bond donors (Lipinski definition) is 0. The van der Waals surface area contributed by atoms with Crippen LogP contribution in [0.1, 0.15) is 42.3 Å². The topological polar surface area (TPSA) is 47.0 Å². The lowest BCUT2D eigenvalue weighted by Crippen LogP contribution is -2.18. The van der Waals surface area contributed by atoms with E-state index in [2.05, 4.69) is 72.1 Å². The fourth-order valence-corrected chi connectivity index (χ4v) is 5.94. The van der Waals surface area contributed by atoms with E-state index in [0.29, 0.717) is 5.92 Å². The minimum atomic E-state index is 0.0272.